The fraction of sp³-hybridized carbons (Fsp3) is 0.400. The molecule has 7 heteroatoms. The van der Waals surface area contributed by atoms with Crippen LogP contribution in [0.4, 0.5) is 0 Å². The van der Waals surface area contributed by atoms with E-state index in [0.717, 1.165) is 18.4 Å². The van der Waals surface area contributed by atoms with Crippen molar-refractivity contribution in [3.05, 3.63) is 46.9 Å². The first-order chi connectivity index (χ1) is 12.9. The van der Waals surface area contributed by atoms with Gasteiger partial charge in [-0.15, -0.1) is 0 Å². The van der Waals surface area contributed by atoms with E-state index in [9.17, 15) is 9.59 Å². The van der Waals surface area contributed by atoms with Crippen LogP contribution in [0.5, 0.6) is 11.5 Å². The van der Waals surface area contributed by atoms with Gasteiger partial charge in [0, 0.05) is 17.2 Å². The number of hydrogen-bond acceptors (Lipinski definition) is 5. The molecule has 1 amide bonds. The molecule has 0 atom stereocenters. The molecule has 1 saturated carbocycles. The van der Waals surface area contributed by atoms with Crippen LogP contribution < -0.4 is 9.47 Å². The zero-order chi connectivity index (χ0) is 19.6. The summed E-state index contributed by atoms with van der Waals surface area (Å²) in [7, 11) is 3.17. The van der Waals surface area contributed by atoms with Gasteiger partial charge in [0.15, 0.2) is 0 Å². The number of rotatable bonds is 8. The molecule has 0 radical (unpaired) electrons. The number of ether oxygens (including phenoxy) is 2. The fourth-order valence-electron chi connectivity index (χ4n) is 3.14. The molecular weight excluding hydrogens is 350 g/mol. The summed E-state index contributed by atoms with van der Waals surface area (Å²) in [5, 5.41) is 9.09. The Morgan fingerprint density at radius 3 is 2.59 bits per heavy atom. The molecule has 0 bridgehead atoms. The minimum absolute atomic E-state index is 0.125. The predicted octanol–water partition coefficient (Wildman–Crippen LogP) is 3.04. The molecule has 3 rings (SSSR count). The van der Waals surface area contributed by atoms with Crippen LogP contribution in [0.15, 0.2) is 28.9 Å². The topological polar surface area (TPSA) is 89.2 Å². The molecule has 1 N–H and O–H groups in total. The second kappa shape index (κ2) is 7.73. The molecule has 0 spiro atoms. The Labute approximate surface area is 157 Å². The Bertz CT molecular complexity index is 852. The molecule has 0 unspecified atom stereocenters. The zero-order valence-corrected chi connectivity index (χ0v) is 15.7. The zero-order valence-electron chi connectivity index (χ0n) is 15.7. The van der Waals surface area contributed by atoms with Gasteiger partial charge in [-0.25, -0.2) is 0 Å². The van der Waals surface area contributed by atoms with Gasteiger partial charge in [-0.05, 0) is 38.0 Å². The van der Waals surface area contributed by atoms with Crippen molar-refractivity contribution in [2.45, 2.75) is 38.8 Å². The van der Waals surface area contributed by atoms with Crippen LogP contribution in [-0.4, -0.2) is 42.1 Å². The van der Waals surface area contributed by atoms with Gasteiger partial charge in [0.2, 0.25) is 0 Å². The van der Waals surface area contributed by atoms with Gasteiger partial charge in [0.05, 0.1) is 32.6 Å². The smallest absolute Gasteiger partial charge is 0.311 e. The number of amides is 1. The van der Waals surface area contributed by atoms with Gasteiger partial charge in [0.25, 0.3) is 5.91 Å². The van der Waals surface area contributed by atoms with Crippen LogP contribution >= 0.6 is 0 Å². The lowest BCUT2D eigenvalue weighted by atomic mass is 10.1. The summed E-state index contributed by atoms with van der Waals surface area (Å²) in [4.78, 5) is 26.1. The Balaban J connectivity index is 1.93. The molecule has 1 fully saturated rings. The highest BCUT2D eigenvalue weighted by atomic mass is 16.5. The quantitative estimate of drug-likeness (QED) is 0.765. The molecule has 1 aromatic carbocycles. The van der Waals surface area contributed by atoms with Crippen molar-refractivity contribution < 1.29 is 28.6 Å². The third-order valence-corrected chi connectivity index (χ3v) is 4.65. The monoisotopic (exact) mass is 373 g/mol. The number of carbonyl (C=O) groups excluding carboxylic acids is 1. The lowest BCUT2D eigenvalue weighted by molar-refractivity contribution is -0.136. The number of nitrogens with zero attached hydrogens (tertiary/aromatic N) is 1. The average Bonchev–Trinajstić information content (AvgIpc) is 3.42. The number of carboxylic acid groups (broad SMARTS) is 1. The second-order valence-corrected chi connectivity index (χ2v) is 6.63. The average molecular weight is 373 g/mol. The first-order valence-electron chi connectivity index (χ1n) is 8.75. The first-order valence-corrected chi connectivity index (χ1v) is 8.75. The van der Waals surface area contributed by atoms with Gasteiger partial charge in [-0.2, -0.15) is 0 Å². The highest BCUT2D eigenvalue weighted by molar-refractivity contribution is 5.97. The number of hydrogen-bond donors (Lipinski definition) is 1. The minimum Gasteiger partial charge on any atom is -0.497 e. The van der Waals surface area contributed by atoms with Crippen molar-refractivity contribution in [2.24, 2.45) is 0 Å². The number of carboxylic acids is 1. The third-order valence-electron chi connectivity index (χ3n) is 4.65. The van der Waals surface area contributed by atoms with E-state index in [1.165, 1.54) is 6.26 Å². The molecule has 0 aliphatic heterocycles. The minimum atomic E-state index is -1.04. The molecule has 1 aliphatic carbocycles. The molecule has 27 heavy (non-hydrogen) atoms. The van der Waals surface area contributed by atoms with E-state index < -0.39 is 5.97 Å². The Kier molecular flexibility index (Phi) is 5.39. The van der Waals surface area contributed by atoms with Crippen LogP contribution in [0, 0.1) is 6.92 Å². The maximum absolute atomic E-state index is 13.3. The lowest BCUT2D eigenvalue weighted by Crippen LogP contribution is -2.33. The molecule has 1 aliphatic rings. The Morgan fingerprint density at radius 1 is 1.26 bits per heavy atom. The molecule has 7 nitrogen and oxygen atoms in total. The summed E-state index contributed by atoms with van der Waals surface area (Å²) in [6, 6.07) is 5.59. The highest BCUT2D eigenvalue weighted by Crippen LogP contribution is 2.34. The Hall–Kier alpha value is -2.96. The number of aryl methyl sites for hydroxylation is 1. The summed E-state index contributed by atoms with van der Waals surface area (Å²) < 4.78 is 16.1. The molecule has 2 aromatic rings. The van der Waals surface area contributed by atoms with Crippen LogP contribution in [0.3, 0.4) is 0 Å². The normalized spacial score (nSPS) is 13.3. The summed E-state index contributed by atoms with van der Waals surface area (Å²) in [5.41, 5.74) is 1.81. The van der Waals surface area contributed by atoms with Crippen molar-refractivity contribution in [3.8, 4) is 11.5 Å². The van der Waals surface area contributed by atoms with E-state index in [0.29, 0.717) is 29.2 Å². The molecule has 1 heterocycles. The standard InChI is InChI=1S/C20H23NO6/c1-12-11-27-17(9-18(22)23)19(12)20(24)21(14-4-5-14)10-13-8-15(25-2)6-7-16(13)26-3/h6-8,11,14H,4-5,9-10H2,1-3H3,(H,22,23). The van der Waals surface area contributed by atoms with E-state index >= 15 is 0 Å². The first kappa shape index (κ1) is 18.8. The molecular formula is C20H23NO6. The van der Waals surface area contributed by atoms with Crippen LogP contribution in [0.1, 0.15) is 40.1 Å². The van der Waals surface area contributed by atoms with Crippen LogP contribution in [0.2, 0.25) is 0 Å². The number of carbonyl (C=O) groups is 2. The van der Waals surface area contributed by atoms with Crippen molar-refractivity contribution in [3.63, 3.8) is 0 Å². The third kappa shape index (κ3) is 4.07. The van der Waals surface area contributed by atoms with E-state index in [1.54, 1.807) is 32.1 Å². The highest BCUT2D eigenvalue weighted by Gasteiger charge is 2.36. The number of furan rings is 1. The number of benzene rings is 1. The van der Waals surface area contributed by atoms with Crippen molar-refractivity contribution in [2.75, 3.05) is 14.2 Å². The number of aliphatic carboxylic acids is 1. The van der Waals surface area contributed by atoms with Crippen LogP contribution in [-0.2, 0) is 17.8 Å². The fourth-order valence-corrected chi connectivity index (χ4v) is 3.14. The van der Waals surface area contributed by atoms with Gasteiger partial charge >= 0.3 is 5.97 Å². The van der Waals surface area contributed by atoms with Crippen molar-refractivity contribution in [1.82, 2.24) is 4.90 Å². The van der Waals surface area contributed by atoms with Crippen molar-refractivity contribution in [1.29, 1.82) is 0 Å². The maximum atomic E-state index is 13.3. The van der Waals surface area contributed by atoms with Crippen LogP contribution in [0.25, 0.3) is 0 Å². The summed E-state index contributed by atoms with van der Waals surface area (Å²) >= 11 is 0. The number of methoxy groups -OCH3 is 2. The summed E-state index contributed by atoms with van der Waals surface area (Å²) in [6.07, 6.45) is 2.95. The second-order valence-electron chi connectivity index (χ2n) is 6.63. The molecule has 0 saturated heterocycles. The van der Waals surface area contributed by atoms with E-state index in [1.807, 2.05) is 12.1 Å². The Morgan fingerprint density at radius 2 is 2.00 bits per heavy atom. The van der Waals surface area contributed by atoms with E-state index in [2.05, 4.69) is 0 Å². The molecule has 144 valence electrons. The molecule has 1 aromatic heterocycles. The lowest BCUT2D eigenvalue weighted by Gasteiger charge is -2.24. The van der Waals surface area contributed by atoms with Crippen molar-refractivity contribution >= 4 is 11.9 Å². The van der Waals surface area contributed by atoms with Gasteiger partial charge in [0.1, 0.15) is 23.7 Å². The van der Waals surface area contributed by atoms with E-state index in [4.69, 9.17) is 19.0 Å². The maximum Gasteiger partial charge on any atom is 0.311 e. The SMILES string of the molecule is COc1ccc(OC)c(CN(C(=O)c2c(C)coc2CC(=O)O)C2CC2)c1. The summed E-state index contributed by atoms with van der Waals surface area (Å²) in [6.45, 7) is 2.10. The van der Waals surface area contributed by atoms with E-state index in [-0.39, 0.29) is 24.1 Å². The van der Waals surface area contributed by atoms with Gasteiger partial charge in [-0.1, -0.05) is 0 Å². The predicted molar refractivity (Wildman–Crippen MR) is 97.2 cm³/mol. The summed E-state index contributed by atoms with van der Waals surface area (Å²) in [5.74, 6) is 0.285. The van der Waals surface area contributed by atoms with Gasteiger partial charge in [-0.3, -0.25) is 9.59 Å². The largest absolute Gasteiger partial charge is 0.497 e. The van der Waals surface area contributed by atoms with Gasteiger partial charge < -0.3 is 23.9 Å².